The third-order valence-electron chi connectivity index (χ3n) is 12.8. The average Bonchev–Trinajstić information content (AvgIpc) is 3.53. The molecule has 0 bridgehead atoms. The number of ether oxygens (including phenoxy) is 1. The molecule has 2 aliphatic carbocycles. The summed E-state index contributed by atoms with van der Waals surface area (Å²) in [6.45, 7) is -0.254. The molecule has 4 nitrogen and oxygen atoms in total. The normalized spacial score (nSPS) is 17.1. The van der Waals surface area contributed by atoms with E-state index in [0.29, 0.717) is 22.4 Å². The van der Waals surface area contributed by atoms with Crippen molar-refractivity contribution in [1.29, 1.82) is 0 Å². The molecule has 8 aromatic carbocycles. The van der Waals surface area contributed by atoms with Crippen LogP contribution in [0.4, 0.5) is 0 Å². The Bertz CT molecular complexity index is 3030. The van der Waals surface area contributed by atoms with Gasteiger partial charge in [0, 0.05) is 40.7 Å². The van der Waals surface area contributed by atoms with E-state index >= 15 is 0 Å². The van der Waals surface area contributed by atoms with Gasteiger partial charge in [-0.2, -0.15) is 0 Å². The Kier molecular flexibility index (Phi) is 10.4. The zero-order chi connectivity index (χ0) is 43.7. The minimum absolute atomic E-state index is 0.0114. The number of ketones is 2. The van der Waals surface area contributed by atoms with Crippen LogP contribution >= 0.6 is 0 Å². The first-order valence-corrected chi connectivity index (χ1v) is 21.5. The van der Waals surface area contributed by atoms with E-state index in [-0.39, 0.29) is 31.0 Å². The standard InChI is InChI=1S/C60H42O4/c1-64-58-31-30-44(37-55(58)60(35-33-42-18-6-3-7-19-42)51-25-13-9-21-46(51)39-57(63)49-23-11-15-27-53(49)60)43-28-29-47(40-61)54(36-43)59(34-32-41-16-4-2-5-17-41)50-24-12-8-20-45(50)38-56(62)48-22-10-14-26-52(48)59/h2-31,36-37,61H,38-40H2,1H3. The van der Waals surface area contributed by atoms with Crippen molar-refractivity contribution < 1.29 is 19.4 Å². The Labute approximate surface area is 373 Å². The summed E-state index contributed by atoms with van der Waals surface area (Å²) in [5, 5.41) is 11.3. The van der Waals surface area contributed by atoms with Crippen LogP contribution in [0.3, 0.4) is 0 Å². The maximum absolute atomic E-state index is 14.2. The predicted octanol–water partition coefficient (Wildman–Crippen LogP) is 11.1. The molecule has 0 amide bonds. The summed E-state index contributed by atoms with van der Waals surface area (Å²) in [7, 11) is 1.67. The molecule has 0 saturated heterocycles. The summed E-state index contributed by atoms with van der Waals surface area (Å²) < 4.78 is 6.28. The Morgan fingerprint density at radius 2 is 0.891 bits per heavy atom. The fourth-order valence-electron chi connectivity index (χ4n) is 9.80. The van der Waals surface area contributed by atoms with Crippen molar-refractivity contribution in [3.63, 3.8) is 0 Å². The number of fused-ring (bicyclic) bond motifs is 4. The molecule has 0 aromatic heterocycles. The second-order valence-electron chi connectivity index (χ2n) is 16.3. The Hall–Kier alpha value is -8.02. The quantitative estimate of drug-likeness (QED) is 0.176. The number of methoxy groups -OCH3 is 1. The number of rotatable bonds is 5. The van der Waals surface area contributed by atoms with Crippen LogP contribution in [-0.2, 0) is 30.3 Å². The number of benzene rings is 8. The molecule has 2 unspecified atom stereocenters. The van der Waals surface area contributed by atoms with E-state index in [1.807, 2.05) is 170 Å². The fourth-order valence-corrected chi connectivity index (χ4v) is 9.80. The van der Waals surface area contributed by atoms with E-state index in [9.17, 15) is 14.7 Å². The molecule has 0 heterocycles. The molecule has 0 spiro atoms. The van der Waals surface area contributed by atoms with Gasteiger partial charge < -0.3 is 9.84 Å². The number of Topliss-reactive ketones (excluding diaryl/α,β-unsaturated/α-hetero) is 2. The summed E-state index contributed by atoms with van der Waals surface area (Å²) in [5.41, 5.74) is 9.68. The van der Waals surface area contributed by atoms with Gasteiger partial charge >= 0.3 is 0 Å². The maximum atomic E-state index is 14.2. The van der Waals surface area contributed by atoms with Crippen molar-refractivity contribution >= 4 is 11.6 Å². The van der Waals surface area contributed by atoms with E-state index in [1.165, 1.54) is 0 Å². The Balaban J connectivity index is 1.28. The van der Waals surface area contributed by atoms with Crippen LogP contribution in [0.25, 0.3) is 11.1 Å². The van der Waals surface area contributed by atoms with Gasteiger partial charge in [0.15, 0.2) is 11.6 Å². The third kappa shape index (κ3) is 6.74. The number of aliphatic hydroxyl groups is 1. The lowest BCUT2D eigenvalue weighted by atomic mass is 9.66. The lowest BCUT2D eigenvalue weighted by Gasteiger charge is -2.34. The molecule has 1 N–H and O–H groups in total. The lowest BCUT2D eigenvalue weighted by Crippen LogP contribution is -2.31. The van der Waals surface area contributed by atoms with E-state index in [0.717, 1.165) is 66.8 Å². The summed E-state index contributed by atoms with van der Waals surface area (Å²) in [6.07, 6.45) is 0.447. The minimum atomic E-state index is -1.17. The highest BCUT2D eigenvalue weighted by molar-refractivity contribution is 6.02. The maximum Gasteiger partial charge on any atom is 0.167 e. The minimum Gasteiger partial charge on any atom is -0.496 e. The summed E-state index contributed by atoms with van der Waals surface area (Å²) in [5.74, 6) is 15.2. The zero-order valence-electron chi connectivity index (χ0n) is 35.3. The third-order valence-corrected chi connectivity index (χ3v) is 12.8. The van der Waals surface area contributed by atoms with Crippen LogP contribution in [0.15, 0.2) is 194 Å². The molecule has 64 heavy (non-hydrogen) atoms. The van der Waals surface area contributed by atoms with Crippen LogP contribution in [0.5, 0.6) is 5.75 Å². The molecular weight excluding hydrogens is 785 g/mol. The molecule has 0 fully saturated rings. The number of aliphatic hydroxyl groups excluding tert-OH is 1. The van der Waals surface area contributed by atoms with Gasteiger partial charge in [0.05, 0.1) is 13.7 Å². The highest BCUT2D eigenvalue weighted by Crippen LogP contribution is 2.50. The molecule has 0 aliphatic heterocycles. The van der Waals surface area contributed by atoms with Crippen LogP contribution < -0.4 is 4.74 Å². The van der Waals surface area contributed by atoms with Gasteiger partial charge in [-0.3, -0.25) is 9.59 Å². The molecular formula is C60H42O4. The number of hydrogen-bond acceptors (Lipinski definition) is 4. The van der Waals surface area contributed by atoms with Gasteiger partial charge in [-0.05, 0) is 98.1 Å². The predicted molar refractivity (Wildman–Crippen MR) is 253 cm³/mol. The van der Waals surface area contributed by atoms with Gasteiger partial charge in [-0.15, -0.1) is 0 Å². The molecule has 306 valence electrons. The number of carbonyl (C=O) groups excluding carboxylic acids is 2. The Morgan fingerprint density at radius 1 is 0.469 bits per heavy atom. The van der Waals surface area contributed by atoms with Crippen molar-refractivity contribution in [2.24, 2.45) is 0 Å². The van der Waals surface area contributed by atoms with Crippen molar-refractivity contribution in [2.75, 3.05) is 7.11 Å². The summed E-state index contributed by atoms with van der Waals surface area (Å²) >= 11 is 0. The summed E-state index contributed by atoms with van der Waals surface area (Å²) in [6, 6.07) is 63.8. The molecule has 10 rings (SSSR count). The first-order valence-electron chi connectivity index (χ1n) is 21.5. The Morgan fingerprint density at radius 3 is 1.39 bits per heavy atom. The van der Waals surface area contributed by atoms with E-state index in [1.54, 1.807) is 7.11 Å². The SMILES string of the molecule is COc1ccc(-c2ccc(CO)c(C3(C#Cc4ccccc4)c4ccccc4CC(=O)c4ccccc43)c2)cc1C1(C#Cc2ccccc2)c2ccccc2CC(=O)c2ccccc21. The monoisotopic (exact) mass is 826 g/mol. The second-order valence-corrected chi connectivity index (χ2v) is 16.3. The van der Waals surface area contributed by atoms with Gasteiger partial charge in [0.25, 0.3) is 0 Å². The van der Waals surface area contributed by atoms with Gasteiger partial charge in [0.2, 0.25) is 0 Å². The first kappa shape index (κ1) is 40.1. The highest BCUT2D eigenvalue weighted by Gasteiger charge is 2.45. The fraction of sp³-hybridized carbons (Fsp3) is 0.100. The molecule has 2 aliphatic rings. The molecule has 4 heteroatoms. The van der Waals surface area contributed by atoms with Crippen LogP contribution in [0, 0.1) is 23.7 Å². The largest absolute Gasteiger partial charge is 0.496 e. The van der Waals surface area contributed by atoms with Crippen molar-refractivity contribution in [1.82, 2.24) is 0 Å². The summed E-state index contributed by atoms with van der Waals surface area (Å²) in [4.78, 5) is 28.4. The van der Waals surface area contributed by atoms with Crippen molar-refractivity contribution in [3.05, 3.63) is 266 Å². The van der Waals surface area contributed by atoms with E-state index in [4.69, 9.17) is 4.74 Å². The van der Waals surface area contributed by atoms with Gasteiger partial charge in [-0.25, -0.2) is 0 Å². The van der Waals surface area contributed by atoms with E-state index in [2.05, 4.69) is 47.9 Å². The number of carbonyl (C=O) groups is 2. The molecule has 8 aromatic rings. The molecule has 0 radical (unpaired) electrons. The lowest BCUT2D eigenvalue weighted by molar-refractivity contribution is 0.0984. The molecule has 0 saturated carbocycles. The average molecular weight is 827 g/mol. The molecule has 2 atom stereocenters. The van der Waals surface area contributed by atoms with Gasteiger partial charge in [0.1, 0.15) is 16.6 Å². The van der Waals surface area contributed by atoms with Gasteiger partial charge in [-0.1, -0.05) is 175 Å². The van der Waals surface area contributed by atoms with E-state index < -0.39 is 10.8 Å². The zero-order valence-corrected chi connectivity index (χ0v) is 35.3. The van der Waals surface area contributed by atoms with Crippen LogP contribution in [0.1, 0.15) is 81.9 Å². The number of hydrogen-bond donors (Lipinski definition) is 1. The topological polar surface area (TPSA) is 63.6 Å². The van der Waals surface area contributed by atoms with Crippen molar-refractivity contribution in [3.8, 4) is 40.6 Å². The van der Waals surface area contributed by atoms with Crippen LogP contribution in [0.2, 0.25) is 0 Å². The first-order chi connectivity index (χ1) is 31.4. The smallest absolute Gasteiger partial charge is 0.167 e. The van der Waals surface area contributed by atoms with Crippen molar-refractivity contribution in [2.45, 2.75) is 30.3 Å². The van der Waals surface area contributed by atoms with Crippen LogP contribution in [-0.4, -0.2) is 23.8 Å². The highest BCUT2D eigenvalue weighted by atomic mass is 16.5. The second kappa shape index (κ2) is 16.7.